The van der Waals surface area contributed by atoms with Gasteiger partial charge in [0.25, 0.3) is 0 Å². The number of halogens is 1. The fraction of sp³-hybridized carbons (Fsp3) is 0.350. The Morgan fingerprint density at radius 1 is 1.28 bits per heavy atom. The summed E-state index contributed by atoms with van der Waals surface area (Å²) in [5.74, 6) is 0.399. The summed E-state index contributed by atoms with van der Waals surface area (Å²) in [6.07, 6.45) is 3.27. The Balaban J connectivity index is 1.58. The topological polar surface area (TPSA) is 100 Å². The van der Waals surface area contributed by atoms with Gasteiger partial charge < -0.3 is 20.3 Å². The number of aromatic nitrogens is 3. The van der Waals surface area contributed by atoms with Crippen molar-refractivity contribution >= 4 is 29.1 Å². The molecule has 1 aliphatic heterocycles. The first-order valence-corrected chi connectivity index (χ1v) is 10.4. The molecule has 1 aromatic carbocycles. The van der Waals surface area contributed by atoms with Gasteiger partial charge in [0.15, 0.2) is 0 Å². The van der Waals surface area contributed by atoms with Crippen molar-refractivity contribution in [2.24, 2.45) is 0 Å². The van der Waals surface area contributed by atoms with Crippen molar-refractivity contribution in [3.8, 4) is 11.3 Å². The predicted molar refractivity (Wildman–Crippen MR) is 112 cm³/mol. The van der Waals surface area contributed by atoms with Crippen LogP contribution in [0.15, 0.2) is 42.7 Å². The van der Waals surface area contributed by atoms with Gasteiger partial charge in [-0.05, 0) is 36.5 Å². The Morgan fingerprint density at radius 3 is 2.76 bits per heavy atom. The molecule has 9 heteroatoms. The monoisotopic (exact) mass is 432 g/mol. The third-order valence-corrected chi connectivity index (χ3v) is 6.26. The van der Waals surface area contributed by atoms with Crippen molar-refractivity contribution < 1.29 is 14.9 Å². The van der Waals surface area contributed by atoms with Crippen molar-refractivity contribution in [3.63, 3.8) is 0 Å². The minimum Gasteiger partial charge on any atom is -0.389 e. The summed E-state index contributed by atoms with van der Waals surface area (Å²) in [6.45, 7) is 2.62. The number of hydrogen-bond donors (Lipinski definition) is 3. The molecule has 0 saturated carbocycles. The van der Waals surface area contributed by atoms with Crippen LogP contribution in [-0.2, 0) is 10.3 Å². The Kier molecular flexibility index (Phi) is 5.80. The fourth-order valence-corrected chi connectivity index (χ4v) is 4.11. The highest BCUT2D eigenvalue weighted by molar-refractivity contribution is 7.05. The second kappa shape index (κ2) is 8.33. The standard InChI is InChI=1S/C20H21ClN4O3S/c1-20(27,17-6-8-23-29-17)13-4-2-12(3-5-13)18-14(21)10-22-19(25-18)24-15-7-9-28-11-16(15)26/h2-6,8,10,15-16,26-27H,7,9,11H2,1H3,(H,22,24,25)/t15-,16-,20+/m1/s1. The van der Waals surface area contributed by atoms with Gasteiger partial charge in [0.1, 0.15) is 5.60 Å². The van der Waals surface area contributed by atoms with E-state index in [1.165, 1.54) is 11.5 Å². The summed E-state index contributed by atoms with van der Waals surface area (Å²) >= 11 is 7.60. The maximum Gasteiger partial charge on any atom is 0.223 e. The molecule has 1 aliphatic rings. The lowest BCUT2D eigenvalue weighted by molar-refractivity contribution is -0.0136. The molecule has 29 heavy (non-hydrogen) atoms. The smallest absolute Gasteiger partial charge is 0.223 e. The van der Waals surface area contributed by atoms with E-state index in [1.54, 1.807) is 19.3 Å². The van der Waals surface area contributed by atoms with Crippen molar-refractivity contribution in [3.05, 3.63) is 58.2 Å². The lowest BCUT2D eigenvalue weighted by Crippen LogP contribution is -2.42. The van der Waals surface area contributed by atoms with Crippen LogP contribution in [0.1, 0.15) is 23.8 Å². The summed E-state index contributed by atoms with van der Waals surface area (Å²) in [4.78, 5) is 9.54. The molecule has 2 aromatic heterocycles. The van der Waals surface area contributed by atoms with Crippen LogP contribution in [0.4, 0.5) is 5.95 Å². The van der Waals surface area contributed by atoms with E-state index in [-0.39, 0.29) is 6.04 Å². The summed E-state index contributed by atoms with van der Waals surface area (Å²) in [5, 5.41) is 24.5. The van der Waals surface area contributed by atoms with Crippen molar-refractivity contribution in [1.82, 2.24) is 14.3 Å². The zero-order valence-electron chi connectivity index (χ0n) is 15.7. The Labute approximate surface area is 177 Å². The molecule has 3 N–H and O–H groups in total. The van der Waals surface area contributed by atoms with E-state index < -0.39 is 11.7 Å². The quantitative estimate of drug-likeness (QED) is 0.569. The lowest BCUT2D eigenvalue weighted by Gasteiger charge is -2.28. The van der Waals surface area contributed by atoms with Crippen LogP contribution in [0, 0.1) is 0 Å². The average molecular weight is 433 g/mol. The van der Waals surface area contributed by atoms with Crippen LogP contribution in [-0.4, -0.2) is 49.9 Å². The van der Waals surface area contributed by atoms with Gasteiger partial charge in [-0.1, -0.05) is 35.9 Å². The van der Waals surface area contributed by atoms with E-state index in [4.69, 9.17) is 16.3 Å². The van der Waals surface area contributed by atoms with Gasteiger partial charge in [-0.15, -0.1) is 0 Å². The number of nitrogens with one attached hydrogen (secondary N) is 1. The Hall–Kier alpha value is -2.10. The first-order chi connectivity index (χ1) is 13.9. The van der Waals surface area contributed by atoms with Gasteiger partial charge in [-0.2, -0.15) is 0 Å². The van der Waals surface area contributed by atoms with Crippen LogP contribution < -0.4 is 5.32 Å². The molecule has 0 bridgehead atoms. The van der Waals surface area contributed by atoms with Gasteiger partial charge in [0.2, 0.25) is 5.95 Å². The van der Waals surface area contributed by atoms with Gasteiger partial charge in [-0.25, -0.2) is 14.3 Å². The zero-order valence-corrected chi connectivity index (χ0v) is 17.3. The SMILES string of the molecule is C[C@](O)(c1ccc(-c2nc(N[C@@H]3CCOC[C@H]3O)ncc2Cl)cc1)c1ccns1. The first-order valence-electron chi connectivity index (χ1n) is 9.24. The van der Waals surface area contributed by atoms with E-state index in [1.807, 2.05) is 30.3 Å². The van der Waals surface area contributed by atoms with Crippen LogP contribution in [0.2, 0.25) is 5.02 Å². The maximum atomic E-state index is 10.9. The number of aliphatic hydroxyl groups is 2. The Morgan fingerprint density at radius 2 is 2.07 bits per heavy atom. The largest absolute Gasteiger partial charge is 0.389 e. The molecule has 0 aliphatic carbocycles. The molecule has 0 spiro atoms. The first kappa shape index (κ1) is 20.2. The van der Waals surface area contributed by atoms with E-state index >= 15 is 0 Å². The van der Waals surface area contributed by atoms with Crippen molar-refractivity contribution in [2.45, 2.75) is 31.1 Å². The molecular formula is C20H21ClN4O3S. The number of anilines is 1. The van der Waals surface area contributed by atoms with E-state index in [0.717, 1.165) is 16.0 Å². The molecule has 0 amide bonds. The van der Waals surface area contributed by atoms with Gasteiger partial charge in [0.05, 0.1) is 40.5 Å². The third kappa shape index (κ3) is 4.26. The fourth-order valence-electron chi connectivity index (χ4n) is 3.26. The molecule has 7 nitrogen and oxygen atoms in total. The normalized spacial score (nSPS) is 21.5. The highest BCUT2D eigenvalue weighted by atomic mass is 35.5. The maximum absolute atomic E-state index is 10.9. The van der Waals surface area contributed by atoms with Gasteiger partial charge in [-0.3, -0.25) is 0 Å². The summed E-state index contributed by atoms with van der Waals surface area (Å²) in [5.41, 5.74) is 1.01. The second-order valence-electron chi connectivity index (χ2n) is 7.10. The molecule has 152 valence electrons. The van der Waals surface area contributed by atoms with E-state index in [9.17, 15) is 10.2 Å². The minimum atomic E-state index is -1.12. The third-order valence-electron chi connectivity index (χ3n) is 5.02. The van der Waals surface area contributed by atoms with Gasteiger partial charge in [0, 0.05) is 18.4 Å². The summed E-state index contributed by atoms with van der Waals surface area (Å²) in [7, 11) is 0. The molecular weight excluding hydrogens is 412 g/mol. The number of rotatable bonds is 5. The van der Waals surface area contributed by atoms with Crippen LogP contribution in [0.5, 0.6) is 0 Å². The molecule has 3 heterocycles. The highest BCUT2D eigenvalue weighted by Gasteiger charge is 2.28. The summed E-state index contributed by atoms with van der Waals surface area (Å²) in [6, 6.07) is 9.07. The molecule has 3 aromatic rings. The Bertz CT molecular complexity index is 966. The van der Waals surface area contributed by atoms with Crippen molar-refractivity contribution in [2.75, 3.05) is 18.5 Å². The molecule has 4 rings (SSSR count). The average Bonchev–Trinajstić information content (AvgIpc) is 3.27. The molecule has 3 atom stereocenters. The number of aliphatic hydroxyl groups excluding tert-OH is 1. The summed E-state index contributed by atoms with van der Waals surface area (Å²) < 4.78 is 9.32. The number of hydrogen-bond acceptors (Lipinski definition) is 8. The van der Waals surface area contributed by atoms with Crippen LogP contribution >= 0.6 is 23.1 Å². The number of nitrogens with zero attached hydrogens (tertiary/aromatic N) is 3. The molecule has 0 radical (unpaired) electrons. The van der Waals surface area contributed by atoms with E-state index in [0.29, 0.717) is 36.3 Å². The highest BCUT2D eigenvalue weighted by Crippen LogP contribution is 2.33. The van der Waals surface area contributed by atoms with Crippen molar-refractivity contribution in [1.29, 1.82) is 0 Å². The minimum absolute atomic E-state index is 0.172. The van der Waals surface area contributed by atoms with Gasteiger partial charge >= 0.3 is 0 Å². The molecule has 1 saturated heterocycles. The van der Waals surface area contributed by atoms with Crippen LogP contribution in [0.3, 0.4) is 0 Å². The molecule has 0 unspecified atom stereocenters. The second-order valence-corrected chi connectivity index (χ2v) is 8.34. The zero-order chi connectivity index (χ0) is 20.4. The van der Waals surface area contributed by atoms with Crippen LogP contribution in [0.25, 0.3) is 11.3 Å². The molecule has 1 fully saturated rings. The van der Waals surface area contributed by atoms with E-state index in [2.05, 4.69) is 19.7 Å². The lowest BCUT2D eigenvalue weighted by atomic mass is 9.93. The number of benzene rings is 1. The number of ether oxygens (including phenoxy) is 1. The predicted octanol–water partition coefficient (Wildman–Crippen LogP) is 3.07.